The van der Waals surface area contributed by atoms with E-state index in [0.717, 1.165) is 0 Å². The summed E-state index contributed by atoms with van der Waals surface area (Å²) >= 11 is 0. The van der Waals surface area contributed by atoms with Gasteiger partial charge in [0, 0.05) is 23.5 Å². The molecule has 2 N–H and O–H groups in total. The van der Waals surface area contributed by atoms with Gasteiger partial charge in [0.2, 0.25) is 0 Å². The minimum atomic E-state index is -0.199. The fraction of sp³-hybridized carbons (Fsp3) is 0.364. The van der Waals surface area contributed by atoms with Crippen molar-refractivity contribution in [1.29, 1.82) is 0 Å². The molecular weight excluding hydrogens is 176 g/mol. The number of carbonyl (C=O) groups is 1. The standard InChI is InChI=1S/C11H16N2O/c1-11(2,3)13-10(14)9-5-4-7-12-8-6-9/h4-8,12H,1-3H3,(H,13,14). The maximum Gasteiger partial charge on any atom is 0.251 e. The van der Waals surface area contributed by atoms with E-state index in [2.05, 4.69) is 10.6 Å². The largest absolute Gasteiger partial charge is 0.368 e. The predicted molar refractivity (Wildman–Crippen MR) is 57.4 cm³/mol. The van der Waals surface area contributed by atoms with Gasteiger partial charge >= 0.3 is 0 Å². The van der Waals surface area contributed by atoms with Crippen molar-refractivity contribution >= 4 is 5.91 Å². The highest BCUT2D eigenvalue weighted by Gasteiger charge is 2.15. The Morgan fingerprint density at radius 1 is 1.36 bits per heavy atom. The molecule has 1 aliphatic heterocycles. The number of amides is 1. The summed E-state index contributed by atoms with van der Waals surface area (Å²) in [6.07, 6.45) is 8.83. The third-order valence-electron chi connectivity index (χ3n) is 1.58. The van der Waals surface area contributed by atoms with Gasteiger partial charge in [-0.1, -0.05) is 0 Å². The van der Waals surface area contributed by atoms with Crippen molar-refractivity contribution in [2.24, 2.45) is 0 Å². The lowest BCUT2D eigenvalue weighted by atomic mass is 10.1. The van der Waals surface area contributed by atoms with Gasteiger partial charge < -0.3 is 10.6 Å². The van der Waals surface area contributed by atoms with Crippen molar-refractivity contribution in [3.05, 3.63) is 36.2 Å². The Labute approximate surface area is 84.6 Å². The third-order valence-corrected chi connectivity index (χ3v) is 1.58. The summed E-state index contributed by atoms with van der Waals surface area (Å²) in [5.41, 5.74) is 0.455. The topological polar surface area (TPSA) is 41.1 Å². The Hall–Kier alpha value is -1.51. The van der Waals surface area contributed by atoms with E-state index in [4.69, 9.17) is 0 Å². The zero-order chi connectivity index (χ0) is 10.6. The minimum absolute atomic E-state index is 0.0536. The van der Waals surface area contributed by atoms with Crippen LogP contribution in [0.15, 0.2) is 36.2 Å². The maximum absolute atomic E-state index is 11.7. The second-order valence-electron chi connectivity index (χ2n) is 4.19. The molecule has 0 bridgehead atoms. The number of allylic oxidation sites excluding steroid dienone is 2. The van der Waals surface area contributed by atoms with E-state index in [1.54, 1.807) is 30.6 Å². The Morgan fingerprint density at radius 3 is 2.71 bits per heavy atom. The number of nitrogens with one attached hydrogen (secondary N) is 2. The first-order chi connectivity index (χ1) is 6.49. The van der Waals surface area contributed by atoms with Crippen LogP contribution in [0.5, 0.6) is 0 Å². The first kappa shape index (κ1) is 10.6. The predicted octanol–water partition coefficient (Wildman–Crippen LogP) is 1.46. The van der Waals surface area contributed by atoms with E-state index in [1.165, 1.54) is 0 Å². The molecule has 3 heteroatoms. The molecule has 0 aliphatic carbocycles. The number of rotatable bonds is 1. The average Bonchev–Trinajstić information content (AvgIpc) is 2.27. The summed E-state index contributed by atoms with van der Waals surface area (Å²) in [4.78, 5) is 11.7. The maximum atomic E-state index is 11.7. The van der Waals surface area contributed by atoms with Crippen LogP contribution in [0.1, 0.15) is 20.8 Å². The number of carbonyl (C=O) groups excluding carboxylic acids is 1. The van der Waals surface area contributed by atoms with Crippen LogP contribution in [-0.4, -0.2) is 11.4 Å². The molecule has 76 valence electrons. The van der Waals surface area contributed by atoms with Crippen LogP contribution in [-0.2, 0) is 4.79 Å². The third kappa shape index (κ3) is 3.47. The molecule has 0 spiro atoms. The van der Waals surface area contributed by atoms with E-state index >= 15 is 0 Å². The van der Waals surface area contributed by atoms with E-state index < -0.39 is 0 Å². The van der Waals surface area contributed by atoms with Crippen LogP contribution in [0.25, 0.3) is 0 Å². The fourth-order valence-electron chi connectivity index (χ4n) is 1.02. The van der Waals surface area contributed by atoms with E-state index in [-0.39, 0.29) is 11.4 Å². The second kappa shape index (κ2) is 4.13. The van der Waals surface area contributed by atoms with Crippen molar-refractivity contribution in [1.82, 2.24) is 10.6 Å². The summed E-state index contributed by atoms with van der Waals surface area (Å²) in [6.45, 7) is 5.87. The number of hydrogen-bond acceptors (Lipinski definition) is 2. The molecule has 0 radical (unpaired) electrons. The highest BCUT2D eigenvalue weighted by atomic mass is 16.1. The van der Waals surface area contributed by atoms with E-state index in [1.807, 2.05) is 20.8 Å². The Morgan fingerprint density at radius 2 is 2.07 bits per heavy atom. The lowest BCUT2D eigenvalue weighted by molar-refractivity contribution is -0.118. The molecule has 0 fully saturated rings. The quantitative estimate of drug-likeness (QED) is 0.660. The van der Waals surface area contributed by atoms with Crippen molar-refractivity contribution in [2.45, 2.75) is 26.3 Å². The van der Waals surface area contributed by atoms with Crippen LogP contribution in [0.3, 0.4) is 0 Å². The van der Waals surface area contributed by atoms with Crippen molar-refractivity contribution < 1.29 is 4.79 Å². The van der Waals surface area contributed by atoms with Gasteiger partial charge in [0.15, 0.2) is 0 Å². The van der Waals surface area contributed by atoms with Crippen molar-refractivity contribution in [3.63, 3.8) is 0 Å². The van der Waals surface area contributed by atoms with Crippen LogP contribution in [0, 0.1) is 0 Å². The van der Waals surface area contributed by atoms with Crippen LogP contribution in [0.4, 0.5) is 0 Å². The van der Waals surface area contributed by atoms with Crippen molar-refractivity contribution in [2.75, 3.05) is 0 Å². The molecule has 0 aromatic heterocycles. The fourth-order valence-corrected chi connectivity index (χ4v) is 1.02. The minimum Gasteiger partial charge on any atom is -0.368 e. The molecule has 0 unspecified atom stereocenters. The smallest absolute Gasteiger partial charge is 0.251 e. The van der Waals surface area contributed by atoms with Gasteiger partial charge in [-0.2, -0.15) is 0 Å². The molecule has 0 aromatic rings. The zero-order valence-corrected chi connectivity index (χ0v) is 8.79. The summed E-state index contributed by atoms with van der Waals surface area (Å²) in [7, 11) is 0. The SMILES string of the molecule is CC(C)(C)NC(=O)C1=CC=CNC=C1. The lowest BCUT2D eigenvalue weighted by Gasteiger charge is -2.20. The first-order valence-electron chi connectivity index (χ1n) is 4.61. The highest BCUT2D eigenvalue weighted by Crippen LogP contribution is 2.05. The number of hydrogen-bond donors (Lipinski definition) is 2. The van der Waals surface area contributed by atoms with Crippen LogP contribution >= 0.6 is 0 Å². The second-order valence-corrected chi connectivity index (χ2v) is 4.19. The van der Waals surface area contributed by atoms with Gasteiger partial charge in [-0.15, -0.1) is 0 Å². The molecule has 0 aromatic carbocycles. The van der Waals surface area contributed by atoms with Crippen molar-refractivity contribution in [3.8, 4) is 0 Å². The molecule has 3 nitrogen and oxygen atoms in total. The monoisotopic (exact) mass is 192 g/mol. The van der Waals surface area contributed by atoms with Gasteiger partial charge in [0.25, 0.3) is 5.91 Å². The Balaban J connectivity index is 2.69. The van der Waals surface area contributed by atoms with Gasteiger partial charge in [0.1, 0.15) is 0 Å². The molecular formula is C11H16N2O. The summed E-state index contributed by atoms with van der Waals surface area (Å²) in [5.74, 6) is -0.0536. The summed E-state index contributed by atoms with van der Waals surface area (Å²) < 4.78 is 0. The summed E-state index contributed by atoms with van der Waals surface area (Å²) in [6, 6.07) is 0. The lowest BCUT2D eigenvalue weighted by Crippen LogP contribution is -2.41. The molecule has 1 aliphatic rings. The molecule has 1 heterocycles. The summed E-state index contributed by atoms with van der Waals surface area (Å²) in [5, 5.41) is 5.80. The first-order valence-corrected chi connectivity index (χ1v) is 4.61. The van der Waals surface area contributed by atoms with Crippen LogP contribution < -0.4 is 10.6 Å². The normalized spacial score (nSPS) is 15.5. The Kier molecular flexibility index (Phi) is 3.12. The molecule has 14 heavy (non-hydrogen) atoms. The molecule has 0 saturated carbocycles. The molecule has 0 saturated heterocycles. The van der Waals surface area contributed by atoms with E-state index in [9.17, 15) is 4.79 Å². The molecule has 1 amide bonds. The van der Waals surface area contributed by atoms with E-state index in [0.29, 0.717) is 5.57 Å². The van der Waals surface area contributed by atoms with Crippen LogP contribution in [0.2, 0.25) is 0 Å². The molecule has 0 atom stereocenters. The van der Waals surface area contributed by atoms with Gasteiger partial charge in [-0.05, 0) is 39.0 Å². The van der Waals surface area contributed by atoms with Gasteiger partial charge in [0.05, 0.1) is 0 Å². The molecule has 1 rings (SSSR count). The highest BCUT2D eigenvalue weighted by molar-refractivity contribution is 5.96. The average molecular weight is 192 g/mol. The Bertz CT molecular complexity index is 306. The zero-order valence-electron chi connectivity index (χ0n) is 8.79. The van der Waals surface area contributed by atoms with Gasteiger partial charge in [-0.3, -0.25) is 4.79 Å². The van der Waals surface area contributed by atoms with Gasteiger partial charge in [-0.25, -0.2) is 0 Å².